The van der Waals surface area contributed by atoms with E-state index in [4.69, 9.17) is 14.2 Å². The van der Waals surface area contributed by atoms with E-state index in [-0.39, 0.29) is 31.1 Å². The van der Waals surface area contributed by atoms with E-state index in [1.165, 1.54) is 109 Å². The van der Waals surface area contributed by atoms with Crippen LogP contribution in [-0.4, -0.2) is 37.2 Å². The molecule has 0 bridgehead atoms. The molecule has 6 nitrogen and oxygen atoms in total. The molecule has 0 aliphatic carbocycles. The lowest BCUT2D eigenvalue weighted by Gasteiger charge is -2.18. The van der Waals surface area contributed by atoms with Crippen molar-refractivity contribution in [3.63, 3.8) is 0 Å². The van der Waals surface area contributed by atoms with Crippen LogP contribution < -0.4 is 0 Å². The Morgan fingerprint density at radius 1 is 0.292 bits per heavy atom. The van der Waals surface area contributed by atoms with Crippen molar-refractivity contribution in [1.82, 2.24) is 0 Å². The Bertz CT molecular complexity index is 1430. The Morgan fingerprint density at radius 2 is 0.542 bits per heavy atom. The highest BCUT2D eigenvalue weighted by Crippen LogP contribution is 2.16. The van der Waals surface area contributed by atoms with Crippen LogP contribution in [0, 0.1) is 0 Å². The zero-order valence-corrected chi connectivity index (χ0v) is 47.2. The van der Waals surface area contributed by atoms with Gasteiger partial charge in [-0.2, -0.15) is 0 Å². The fourth-order valence-corrected chi connectivity index (χ4v) is 8.37. The smallest absolute Gasteiger partial charge is 0.306 e. The molecule has 0 N–H and O–H groups in total. The molecule has 0 aromatic rings. The molecule has 0 aliphatic heterocycles. The third-order valence-corrected chi connectivity index (χ3v) is 12.8. The molecular formula is C66H112O6. The van der Waals surface area contributed by atoms with E-state index in [9.17, 15) is 14.4 Å². The SMILES string of the molecule is CC/C=C\C/C=C\C/C=C\C/C=C\CCCCCCCCC(=O)OCC(COC(=O)CCCCCCCCCCCCCCCCCC)OC(=O)CCCCCCCC/C=C\C/C=C\C/C=C\C/C=C\CC. The van der Waals surface area contributed by atoms with Gasteiger partial charge in [0.05, 0.1) is 0 Å². The molecule has 6 heteroatoms. The monoisotopic (exact) mass is 1000 g/mol. The summed E-state index contributed by atoms with van der Waals surface area (Å²) >= 11 is 0. The lowest BCUT2D eigenvalue weighted by molar-refractivity contribution is -0.167. The van der Waals surface area contributed by atoms with E-state index in [1.54, 1.807) is 0 Å². The predicted octanol–water partition coefficient (Wildman–Crippen LogP) is 20.5. The molecule has 0 fully saturated rings. The minimum Gasteiger partial charge on any atom is -0.462 e. The Balaban J connectivity index is 4.43. The van der Waals surface area contributed by atoms with Crippen LogP contribution in [0.2, 0.25) is 0 Å². The number of rotatable bonds is 54. The molecule has 0 heterocycles. The molecule has 0 aliphatic rings. The first kappa shape index (κ1) is 68.3. The summed E-state index contributed by atoms with van der Waals surface area (Å²) in [5.41, 5.74) is 0. The van der Waals surface area contributed by atoms with Gasteiger partial charge in [-0.05, 0) is 96.3 Å². The van der Waals surface area contributed by atoms with Crippen molar-refractivity contribution < 1.29 is 28.6 Å². The molecule has 72 heavy (non-hydrogen) atoms. The minimum absolute atomic E-state index is 0.0864. The maximum atomic E-state index is 12.9. The molecule has 0 aromatic carbocycles. The first-order chi connectivity index (χ1) is 35.5. The van der Waals surface area contributed by atoms with Crippen LogP contribution in [0.4, 0.5) is 0 Å². The highest BCUT2D eigenvalue weighted by atomic mass is 16.6. The summed E-state index contributed by atoms with van der Waals surface area (Å²) in [7, 11) is 0. The molecule has 0 rings (SSSR count). The molecule has 0 saturated carbocycles. The maximum absolute atomic E-state index is 12.9. The second-order valence-corrected chi connectivity index (χ2v) is 19.9. The molecule has 0 radical (unpaired) electrons. The Labute approximate surface area is 445 Å². The van der Waals surface area contributed by atoms with E-state index in [2.05, 4.69) is 118 Å². The van der Waals surface area contributed by atoms with Gasteiger partial charge in [0.1, 0.15) is 13.2 Å². The van der Waals surface area contributed by atoms with Gasteiger partial charge in [0.25, 0.3) is 0 Å². The van der Waals surface area contributed by atoms with Crippen LogP contribution in [0.3, 0.4) is 0 Å². The Kier molecular flexibility index (Phi) is 56.8. The average Bonchev–Trinajstić information content (AvgIpc) is 3.38. The van der Waals surface area contributed by atoms with Crippen molar-refractivity contribution in [3.05, 3.63) is 97.2 Å². The van der Waals surface area contributed by atoms with Crippen molar-refractivity contribution in [1.29, 1.82) is 0 Å². The fourth-order valence-electron chi connectivity index (χ4n) is 8.37. The highest BCUT2D eigenvalue weighted by molar-refractivity contribution is 5.71. The van der Waals surface area contributed by atoms with Gasteiger partial charge < -0.3 is 14.2 Å². The summed E-state index contributed by atoms with van der Waals surface area (Å²) in [6, 6.07) is 0. The number of unbranched alkanes of at least 4 members (excludes halogenated alkanes) is 27. The predicted molar refractivity (Wildman–Crippen MR) is 311 cm³/mol. The first-order valence-electron chi connectivity index (χ1n) is 30.2. The van der Waals surface area contributed by atoms with Gasteiger partial charge in [0.15, 0.2) is 6.10 Å². The Hall–Kier alpha value is -3.67. The van der Waals surface area contributed by atoms with Crippen molar-refractivity contribution in [2.75, 3.05) is 13.2 Å². The van der Waals surface area contributed by atoms with Crippen molar-refractivity contribution >= 4 is 17.9 Å². The molecule has 0 amide bonds. The van der Waals surface area contributed by atoms with Gasteiger partial charge in [0, 0.05) is 19.3 Å². The third kappa shape index (κ3) is 57.2. The van der Waals surface area contributed by atoms with Gasteiger partial charge >= 0.3 is 17.9 Å². The van der Waals surface area contributed by atoms with Gasteiger partial charge in [-0.3, -0.25) is 14.4 Å². The second-order valence-electron chi connectivity index (χ2n) is 19.9. The summed E-state index contributed by atoms with van der Waals surface area (Å²) in [4.78, 5) is 38.3. The van der Waals surface area contributed by atoms with E-state index >= 15 is 0 Å². The normalized spacial score (nSPS) is 12.8. The molecular weight excluding hydrogens is 889 g/mol. The number of carbonyl (C=O) groups excluding carboxylic acids is 3. The number of ether oxygens (including phenoxy) is 3. The van der Waals surface area contributed by atoms with E-state index in [0.717, 1.165) is 135 Å². The summed E-state index contributed by atoms with van der Waals surface area (Å²) in [6.07, 6.45) is 79.7. The van der Waals surface area contributed by atoms with Crippen molar-refractivity contribution in [2.24, 2.45) is 0 Å². The number of esters is 3. The van der Waals surface area contributed by atoms with Crippen LogP contribution in [0.5, 0.6) is 0 Å². The molecule has 412 valence electrons. The van der Waals surface area contributed by atoms with Gasteiger partial charge in [-0.25, -0.2) is 0 Å². The lowest BCUT2D eigenvalue weighted by atomic mass is 10.0. The fraction of sp³-hybridized carbons (Fsp3) is 0.712. The second kappa shape index (κ2) is 59.9. The van der Waals surface area contributed by atoms with E-state index in [1.807, 2.05) is 0 Å². The largest absolute Gasteiger partial charge is 0.462 e. The number of hydrogen-bond donors (Lipinski definition) is 0. The van der Waals surface area contributed by atoms with Crippen LogP contribution in [-0.2, 0) is 28.6 Å². The third-order valence-electron chi connectivity index (χ3n) is 12.8. The average molecular weight is 1000 g/mol. The van der Waals surface area contributed by atoms with Crippen LogP contribution >= 0.6 is 0 Å². The highest BCUT2D eigenvalue weighted by Gasteiger charge is 2.19. The summed E-state index contributed by atoms with van der Waals surface area (Å²) in [5, 5.41) is 0. The maximum Gasteiger partial charge on any atom is 0.306 e. The standard InChI is InChI=1S/C66H112O6/c1-4-7-10-13-16-19-22-25-28-31-33-35-38-41-44-47-50-53-56-59-65(68)71-62-63(61-70-64(67)58-55-52-49-46-43-40-37-30-27-24-21-18-15-12-9-6-3)72-66(69)60-57-54-51-48-45-42-39-36-34-32-29-26-23-20-17-14-11-8-5-2/h7-8,10-11,16-17,19-20,25-26,28-29,33-36,63H,4-6,9,12-15,18,21-24,27,30-32,37-62H2,1-3H3/b10-7-,11-8-,19-16-,20-17-,28-25-,29-26-,35-33-,36-34-. The van der Waals surface area contributed by atoms with Crippen molar-refractivity contribution in [3.8, 4) is 0 Å². The van der Waals surface area contributed by atoms with E-state index in [0.29, 0.717) is 19.3 Å². The Morgan fingerprint density at radius 3 is 0.847 bits per heavy atom. The summed E-state index contributed by atoms with van der Waals surface area (Å²) in [6.45, 7) is 6.42. The zero-order chi connectivity index (χ0) is 52.2. The van der Waals surface area contributed by atoms with Crippen LogP contribution in [0.25, 0.3) is 0 Å². The molecule has 1 unspecified atom stereocenters. The lowest BCUT2D eigenvalue weighted by Crippen LogP contribution is -2.30. The first-order valence-corrected chi connectivity index (χ1v) is 30.2. The molecule has 0 saturated heterocycles. The topological polar surface area (TPSA) is 78.9 Å². The van der Waals surface area contributed by atoms with Crippen LogP contribution in [0.15, 0.2) is 97.2 Å². The molecule has 0 spiro atoms. The number of hydrogen-bond acceptors (Lipinski definition) is 6. The quantitative estimate of drug-likeness (QED) is 0.0261. The zero-order valence-electron chi connectivity index (χ0n) is 47.2. The summed E-state index contributed by atoms with van der Waals surface area (Å²) < 4.78 is 16.9. The van der Waals surface area contributed by atoms with Gasteiger partial charge in [0.2, 0.25) is 0 Å². The van der Waals surface area contributed by atoms with Gasteiger partial charge in [-0.1, -0.05) is 266 Å². The number of allylic oxidation sites excluding steroid dienone is 16. The van der Waals surface area contributed by atoms with Gasteiger partial charge in [-0.15, -0.1) is 0 Å². The summed E-state index contributed by atoms with van der Waals surface area (Å²) in [5.74, 6) is -0.906. The molecule has 1 atom stereocenters. The number of carbonyl (C=O) groups is 3. The van der Waals surface area contributed by atoms with Crippen LogP contribution in [0.1, 0.15) is 284 Å². The minimum atomic E-state index is -0.792. The van der Waals surface area contributed by atoms with E-state index < -0.39 is 6.10 Å². The van der Waals surface area contributed by atoms with Crippen molar-refractivity contribution in [2.45, 2.75) is 290 Å². The molecule has 0 aromatic heterocycles.